The van der Waals surface area contributed by atoms with Crippen molar-refractivity contribution in [2.24, 2.45) is 5.92 Å². The standard InChI is InChI=1S/C26H28ClN3O4/c1-16(28)22-24(31)23-20(27)11-6-12-21(23)30(25(22)32)19-10-5-9-18(13-19)14-29-26(33)34-15-17-7-3-2-4-8-17/h2-4,6-8,11-12,18-19,28,31H,5,9-10,13-15H2,1H3,(H,29,33). The van der Waals surface area contributed by atoms with Crippen LogP contribution in [0.1, 0.15) is 49.8 Å². The summed E-state index contributed by atoms with van der Waals surface area (Å²) in [6, 6.07) is 14.6. The summed E-state index contributed by atoms with van der Waals surface area (Å²) >= 11 is 6.38. The Bertz CT molecular complexity index is 1270. The molecular formula is C26H28ClN3O4. The van der Waals surface area contributed by atoms with Crippen molar-refractivity contribution in [2.75, 3.05) is 6.54 Å². The fraction of sp³-hybridized carbons (Fsp3) is 0.346. The first-order chi connectivity index (χ1) is 16.4. The lowest BCUT2D eigenvalue weighted by atomic mass is 9.85. The van der Waals surface area contributed by atoms with Gasteiger partial charge in [-0.3, -0.25) is 4.79 Å². The Kier molecular flexibility index (Phi) is 7.22. The number of hydrogen-bond acceptors (Lipinski definition) is 5. The van der Waals surface area contributed by atoms with Gasteiger partial charge in [0.2, 0.25) is 0 Å². The number of aromatic hydroxyl groups is 1. The van der Waals surface area contributed by atoms with Crippen molar-refractivity contribution < 1.29 is 14.6 Å². The van der Waals surface area contributed by atoms with Gasteiger partial charge in [-0.1, -0.05) is 54.4 Å². The van der Waals surface area contributed by atoms with Gasteiger partial charge in [-0.15, -0.1) is 0 Å². The van der Waals surface area contributed by atoms with Crippen LogP contribution in [-0.2, 0) is 11.3 Å². The maximum absolute atomic E-state index is 13.4. The summed E-state index contributed by atoms with van der Waals surface area (Å²) in [6.45, 7) is 2.14. The molecule has 3 N–H and O–H groups in total. The summed E-state index contributed by atoms with van der Waals surface area (Å²) < 4.78 is 6.98. The fourth-order valence-corrected chi connectivity index (χ4v) is 5.05. The maximum Gasteiger partial charge on any atom is 0.407 e. The molecule has 0 bridgehead atoms. The number of alkyl carbamates (subject to hydrolysis) is 1. The highest BCUT2D eigenvalue weighted by molar-refractivity contribution is 6.36. The molecule has 1 saturated carbocycles. The highest BCUT2D eigenvalue weighted by Crippen LogP contribution is 2.38. The van der Waals surface area contributed by atoms with Crippen molar-refractivity contribution in [3.8, 4) is 5.75 Å². The van der Waals surface area contributed by atoms with Gasteiger partial charge in [-0.2, -0.15) is 0 Å². The molecule has 0 radical (unpaired) electrons. The van der Waals surface area contributed by atoms with E-state index in [1.54, 1.807) is 22.8 Å². The van der Waals surface area contributed by atoms with Gasteiger partial charge in [-0.25, -0.2) is 4.79 Å². The number of nitrogens with zero attached hydrogens (tertiary/aromatic N) is 1. The molecule has 0 spiro atoms. The van der Waals surface area contributed by atoms with Crippen LogP contribution in [0.25, 0.3) is 10.9 Å². The van der Waals surface area contributed by atoms with Gasteiger partial charge in [0.15, 0.2) is 0 Å². The van der Waals surface area contributed by atoms with Crippen molar-refractivity contribution in [1.29, 1.82) is 5.41 Å². The molecule has 0 aliphatic heterocycles. The monoisotopic (exact) mass is 481 g/mol. The summed E-state index contributed by atoms with van der Waals surface area (Å²) in [5.41, 5.74) is 1.06. The minimum absolute atomic E-state index is 0.00624. The van der Waals surface area contributed by atoms with Gasteiger partial charge >= 0.3 is 6.09 Å². The number of carbonyl (C=O) groups is 1. The van der Waals surface area contributed by atoms with Crippen LogP contribution in [0, 0.1) is 11.3 Å². The van der Waals surface area contributed by atoms with Crippen molar-refractivity contribution >= 4 is 34.3 Å². The fourth-order valence-electron chi connectivity index (χ4n) is 4.79. The van der Waals surface area contributed by atoms with Gasteiger partial charge in [-0.05, 0) is 49.8 Å². The molecule has 1 aromatic heterocycles. The van der Waals surface area contributed by atoms with Crippen LogP contribution < -0.4 is 10.9 Å². The highest BCUT2D eigenvalue weighted by atomic mass is 35.5. The number of amides is 1. The number of benzene rings is 2. The van der Waals surface area contributed by atoms with E-state index >= 15 is 0 Å². The number of hydrogen-bond donors (Lipinski definition) is 3. The normalized spacial score (nSPS) is 17.9. The molecule has 178 valence electrons. The highest BCUT2D eigenvalue weighted by Gasteiger charge is 2.28. The number of ether oxygens (including phenoxy) is 1. The smallest absolute Gasteiger partial charge is 0.407 e. The predicted octanol–water partition coefficient (Wildman–Crippen LogP) is 5.41. The number of halogens is 1. The SMILES string of the molecule is CC(=N)c1c(O)c2c(Cl)cccc2n(C2CCCC(CNC(=O)OCc3ccccc3)C2)c1=O. The van der Waals surface area contributed by atoms with Gasteiger partial charge in [0.1, 0.15) is 17.9 Å². The topological polar surface area (TPSA) is 104 Å². The number of rotatable bonds is 6. The molecular weight excluding hydrogens is 454 g/mol. The average Bonchev–Trinajstić information content (AvgIpc) is 2.82. The van der Waals surface area contributed by atoms with E-state index in [0.717, 1.165) is 24.8 Å². The second-order valence-electron chi connectivity index (χ2n) is 8.79. The lowest BCUT2D eigenvalue weighted by molar-refractivity contribution is 0.135. The Morgan fingerprint density at radius 2 is 1.97 bits per heavy atom. The van der Waals surface area contributed by atoms with E-state index in [9.17, 15) is 14.7 Å². The van der Waals surface area contributed by atoms with Crippen LogP contribution in [0.4, 0.5) is 4.79 Å². The zero-order chi connectivity index (χ0) is 24.2. The van der Waals surface area contributed by atoms with Gasteiger partial charge in [0.25, 0.3) is 5.56 Å². The molecule has 34 heavy (non-hydrogen) atoms. The van der Waals surface area contributed by atoms with E-state index < -0.39 is 6.09 Å². The number of fused-ring (bicyclic) bond motifs is 1. The largest absolute Gasteiger partial charge is 0.506 e. The van der Waals surface area contributed by atoms with Gasteiger partial charge in [0, 0.05) is 18.3 Å². The van der Waals surface area contributed by atoms with Crippen molar-refractivity contribution in [3.05, 3.63) is 75.0 Å². The van der Waals surface area contributed by atoms with E-state index in [0.29, 0.717) is 28.9 Å². The Hall–Kier alpha value is -3.32. The molecule has 3 aromatic rings. The van der Waals surface area contributed by atoms with E-state index in [1.165, 1.54) is 6.92 Å². The Labute approximate surface area is 202 Å². The first-order valence-electron chi connectivity index (χ1n) is 11.4. The minimum atomic E-state index is -0.466. The van der Waals surface area contributed by atoms with Crippen LogP contribution in [0.3, 0.4) is 0 Å². The van der Waals surface area contributed by atoms with E-state index in [4.69, 9.17) is 21.7 Å². The van der Waals surface area contributed by atoms with E-state index in [-0.39, 0.29) is 41.2 Å². The van der Waals surface area contributed by atoms with Gasteiger partial charge in [0.05, 0.1) is 15.9 Å². The summed E-state index contributed by atoms with van der Waals surface area (Å²) in [4.78, 5) is 25.6. The van der Waals surface area contributed by atoms with Crippen LogP contribution in [-0.4, -0.2) is 28.0 Å². The first-order valence-corrected chi connectivity index (χ1v) is 11.8. The first kappa shape index (κ1) is 23.8. The third-order valence-corrected chi connectivity index (χ3v) is 6.72. The molecule has 1 fully saturated rings. The number of aromatic nitrogens is 1. The van der Waals surface area contributed by atoms with Crippen molar-refractivity contribution in [2.45, 2.75) is 45.3 Å². The van der Waals surface area contributed by atoms with Crippen LogP contribution in [0.2, 0.25) is 5.02 Å². The van der Waals surface area contributed by atoms with Gasteiger partial charge < -0.3 is 25.1 Å². The Balaban J connectivity index is 1.51. The third kappa shape index (κ3) is 4.94. The molecule has 1 heterocycles. The minimum Gasteiger partial charge on any atom is -0.506 e. The molecule has 4 rings (SSSR count). The van der Waals surface area contributed by atoms with Crippen LogP contribution in [0.5, 0.6) is 5.75 Å². The Morgan fingerprint density at radius 3 is 2.71 bits per heavy atom. The average molecular weight is 482 g/mol. The molecule has 1 aliphatic carbocycles. The van der Waals surface area contributed by atoms with Crippen molar-refractivity contribution in [1.82, 2.24) is 9.88 Å². The van der Waals surface area contributed by atoms with E-state index in [2.05, 4.69) is 5.32 Å². The number of nitrogens with one attached hydrogen (secondary N) is 2. The van der Waals surface area contributed by atoms with Crippen LogP contribution >= 0.6 is 11.6 Å². The maximum atomic E-state index is 13.4. The zero-order valence-corrected chi connectivity index (χ0v) is 19.8. The molecule has 0 saturated heterocycles. The summed E-state index contributed by atoms with van der Waals surface area (Å²) in [6.07, 6.45) is 2.83. The molecule has 8 heteroatoms. The number of carbonyl (C=O) groups excluding carboxylic acids is 1. The lowest BCUT2D eigenvalue weighted by Crippen LogP contribution is -2.36. The van der Waals surface area contributed by atoms with Crippen LogP contribution in [0.15, 0.2) is 53.3 Å². The quantitative estimate of drug-likeness (QED) is 0.409. The predicted molar refractivity (Wildman–Crippen MR) is 133 cm³/mol. The lowest BCUT2D eigenvalue weighted by Gasteiger charge is -2.32. The number of pyridine rings is 1. The second-order valence-corrected chi connectivity index (χ2v) is 9.19. The third-order valence-electron chi connectivity index (χ3n) is 6.40. The Morgan fingerprint density at radius 1 is 1.21 bits per heavy atom. The summed E-state index contributed by atoms with van der Waals surface area (Å²) in [5.74, 6) is -0.0768. The molecule has 1 aliphatic rings. The second kappa shape index (κ2) is 10.3. The summed E-state index contributed by atoms with van der Waals surface area (Å²) in [5, 5.41) is 22.4. The molecule has 7 nitrogen and oxygen atoms in total. The summed E-state index contributed by atoms with van der Waals surface area (Å²) in [7, 11) is 0. The molecule has 1 amide bonds. The van der Waals surface area contributed by atoms with E-state index in [1.807, 2.05) is 30.3 Å². The molecule has 2 atom stereocenters. The van der Waals surface area contributed by atoms with Crippen molar-refractivity contribution in [3.63, 3.8) is 0 Å². The molecule has 2 aromatic carbocycles. The molecule has 2 unspecified atom stereocenters. The zero-order valence-electron chi connectivity index (χ0n) is 19.0.